The largest absolute Gasteiger partial charge is 0.347 e. The zero-order valence-electron chi connectivity index (χ0n) is 15.9. The molecular formula is C20H23N5O3. The summed E-state index contributed by atoms with van der Waals surface area (Å²) in [6.45, 7) is 7.33. The average Bonchev–Trinajstić information content (AvgIpc) is 3.14. The van der Waals surface area contributed by atoms with Gasteiger partial charge >= 0.3 is 0 Å². The number of nitro benzene ring substituents is 1. The quantitative estimate of drug-likeness (QED) is 0.460. The number of fused-ring (bicyclic) bond motifs is 1. The Morgan fingerprint density at radius 1 is 1.18 bits per heavy atom. The highest BCUT2D eigenvalue weighted by Gasteiger charge is 2.17. The van der Waals surface area contributed by atoms with Crippen LogP contribution in [0.2, 0.25) is 0 Å². The van der Waals surface area contributed by atoms with Gasteiger partial charge in [0.05, 0.1) is 10.4 Å². The Morgan fingerprint density at radius 2 is 1.89 bits per heavy atom. The van der Waals surface area contributed by atoms with E-state index in [0.29, 0.717) is 17.4 Å². The van der Waals surface area contributed by atoms with Gasteiger partial charge in [-0.15, -0.1) is 0 Å². The van der Waals surface area contributed by atoms with Crippen LogP contribution in [0.25, 0.3) is 10.9 Å². The van der Waals surface area contributed by atoms with E-state index in [4.69, 9.17) is 0 Å². The number of nitrogens with zero attached hydrogens (tertiary/aromatic N) is 3. The highest BCUT2D eigenvalue weighted by Crippen LogP contribution is 2.22. The van der Waals surface area contributed by atoms with Crippen LogP contribution < -0.4 is 5.32 Å². The molecule has 8 heteroatoms. The maximum absolute atomic E-state index is 12.6. The van der Waals surface area contributed by atoms with Crippen molar-refractivity contribution in [3.63, 3.8) is 0 Å². The summed E-state index contributed by atoms with van der Waals surface area (Å²) in [7, 11) is 0. The average molecular weight is 381 g/mol. The SMILES string of the molecule is CCN(CC)Cc1ccccc1CNC(=O)c1n[nH]c2ccc([N+](=O)[O-])cc12. The van der Waals surface area contributed by atoms with Gasteiger partial charge in [-0.25, -0.2) is 0 Å². The predicted octanol–water partition coefficient (Wildman–Crippen LogP) is 3.24. The van der Waals surface area contributed by atoms with Crippen LogP contribution >= 0.6 is 0 Å². The highest BCUT2D eigenvalue weighted by molar-refractivity contribution is 6.05. The van der Waals surface area contributed by atoms with Gasteiger partial charge in [0.25, 0.3) is 11.6 Å². The molecule has 1 heterocycles. The third-order valence-corrected chi connectivity index (χ3v) is 4.82. The van der Waals surface area contributed by atoms with Crippen molar-refractivity contribution in [3.05, 3.63) is 69.4 Å². The van der Waals surface area contributed by atoms with Crippen molar-refractivity contribution < 1.29 is 9.72 Å². The Bertz CT molecular complexity index is 994. The lowest BCUT2D eigenvalue weighted by atomic mass is 10.1. The van der Waals surface area contributed by atoms with E-state index in [1.54, 1.807) is 6.07 Å². The van der Waals surface area contributed by atoms with Crippen molar-refractivity contribution in [1.29, 1.82) is 0 Å². The lowest BCUT2D eigenvalue weighted by molar-refractivity contribution is -0.384. The molecule has 0 aliphatic carbocycles. The maximum atomic E-state index is 12.6. The third kappa shape index (κ3) is 4.17. The Kier molecular flexibility index (Phi) is 6.00. The van der Waals surface area contributed by atoms with E-state index in [0.717, 1.165) is 30.8 Å². The molecule has 0 bridgehead atoms. The van der Waals surface area contributed by atoms with E-state index in [1.807, 2.05) is 18.2 Å². The Hall–Kier alpha value is -3.26. The summed E-state index contributed by atoms with van der Waals surface area (Å²) < 4.78 is 0. The molecule has 0 unspecified atom stereocenters. The fourth-order valence-corrected chi connectivity index (χ4v) is 3.12. The van der Waals surface area contributed by atoms with Crippen LogP contribution in [0.5, 0.6) is 0 Å². The van der Waals surface area contributed by atoms with Crippen molar-refractivity contribution in [2.24, 2.45) is 0 Å². The summed E-state index contributed by atoms with van der Waals surface area (Å²) in [6.07, 6.45) is 0. The number of aromatic nitrogens is 2. The molecular weight excluding hydrogens is 358 g/mol. The topological polar surface area (TPSA) is 104 Å². The van der Waals surface area contributed by atoms with Crippen LogP contribution in [0.15, 0.2) is 42.5 Å². The summed E-state index contributed by atoms with van der Waals surface area (Å²) >= 11 is 0. The molecule has 0 fully saturated rings. The van der Waals surface area contributed by atoms with E-state index < -0.39 is 4.92 Å². The standard InChI is InChI=1S/C20H23N5O3/c1-3-24(4-2)13-15-8-6-5-7-14(15)12-21-20(26)19-17-11-16(25(27)28)9-10-18(17)22-23-19/h5-11H,3-4,12-13H2,1-2H3,(H,21,26)(H,22,23). The molecule has 0 radical (unpaired) electrons. The second kappa shape index (κ2) is 8.62. The van der Waals surface area contributed by atoms with Gasteiger partial charge in [0.15, 0.2) is 5.69 Å². The van der Waals surface area contributed by atoms with E-state index >= 15 is 0 Å². The zero-order chi connectivity index (χ0) is 20.1. The zero-order valence-corrected chi connectivity index (χ0v) is 15.9. The molecule has 2 N–H and O–H groups in total. The lowest BCUT2D eigenvalue weighted by Crippen LogP contribution is -2.26. The summed E-state index contributed by atoms with van der Waals surface area (Å²) in [4.78, 5) is 25.5. The smallest absolute Gasteiger partial charge is 0.272 e. The van der Waals surface area contributed by atoms with Gasteiger partial charge in [-0.1, -0.05) is 38.1 Å². The molecule has 28 heavy (non-hydrogen) atoms. The van der Waals surface area contributed by atoms with E-state index in [-0.39, 0.29) is 17.3 Å². The fourth-order valence-electron chi connectivity index (χ4n) is 3.12. The first kappa shape index (κ1) is 19.5. The number of non-ortho nitro benzene ring substituents is 1. The lowest BCUT2D eigenvalue weighted by Gasteiger charge is -2.20. The second-order valence-corrected chi connectivity index (χ2v) is 6.47. The molecule has 146 valence electrons. The van der Waals surface area contributed by atoms with Gasteiger partial charge < -0.3 is 5.32 Å². The first-order valence-electron chi connectivity index (χ1n) is 9.23. The number of nitrogens with one attached hydrogen (secondary N) is 2. The molecule has 0 saturated carbocycles. The first-order chi connectivity index (χ1) is 13.5. The summed E-state index contributed by atoms with van der Waals surface area (Å²) in [6, 6.07) is 12.3. The predicted molar refractivity (Wildman–Crippen MR) is 107 cm³/mol. The van der Waals surface area contributed by atoms with Crippen LogP contribution in [0.4, 0.5) is 5.69 Å². The van der Waals surface area contributed by atoms with Crippen molar-refractivity contribution in [1.82, 2.24) is 20.4 Å². The molecule has 0 aliphatic heterocycles. The molecule has 3 rings (SSSR count). The molecule has 0 spiro atoms. The van der Waals surface area contributed by atoms with E-state index in [2.05, 4.69) is 40.3 Å². The minimum Gasteiger partial charge on any atom is -0.347 e. The van der Waals surface area contributed by atoms with Crippen molar-refractivity contribution >= 4 is 22.5 Å². The van der Waals surface area contributed by atoms with Crippen molar-refractivity contribution in [2.45, 2.75) is 26.9 Å². The van der Waals surface area contributed by atoms with Gasteiger partial charge in [-0.2, -0.15) is 5.10 Å². The summed E-state index contributed by atoms with van der Waals surface area (Å²) in [5, 5.41) is 21.1. The molecule has 1 amide bonds. The van der Waals surface area contributed by atoms with Gasteiger partial charge in [0.2, 0.25) is 0 Å². The van der Waals surface area contributed by atoms with Crippen molar-refractivity contribution in [2.75, 3.05) is 13.1 Å². The number of hydrogen-bond donors (Lipinski definition) is 2. The number of nitro groups is 1. The Morgan fingerprint density at radius 3 is 2.57 bits per heavy atom. The molecule has 0 aliphatic rings. The van der Waals surface area contributed by atoms with Crippen LogP contribution in [0, 0.1) is 10.1 Å². The number of carbonyl (C=O) groups excluding carboxylic acids is 1. The molecule has 0 atom stereocenters. The minimum atomic E-state index is -0.489. The van der Waals surface area contributed by atoms with Gasteiger partial charge in [0.1, 0.15) is 0 Å². The Labute approximate surface area is 162 Å². The summed E-state index contributed by atoms with van der Waals surface area (Å²) in [5.74, 6) is -0.371. The van der Waals surface area contributed by atoms with E-state index in [1.165, 1.54) is 12.1 Å². The molecule has 8 nitrogen and oxygen atoms in total. The van der Waals surface area contributed by atoms with Gasteiger partial charge in [-0.3, -0.25) is 24.9 Å². The maximum Gasteiger partial charge on any atom is 0.272 e. The number of amides is 1. The normalized spacial score (nSPS) is 11.1. The number of rotatable bonds is 8. The van der Waals surface area contributed by atoms with Crippen LogP contribution in [-0.4, -0.2) is 39.0 Å². The number of aromatic amines is 1. The number of carbonyl (C=O) groups is 1. The Balaban J connectivity index is 1.77. The molecule has 3 aromatic rings. The highest BCUT2D eigenvalue weighted by atomic mass is 16.6. The van der Waals surface area contributed by atoms with E-state index in [9.17, 15) is 14.9 Å². The fraction of sp³-hybridized carbons (Fsp3) is 0.300. The van der Waals surface area contributed by atoms with Crippen molar-refractivity contribution in [3.8, 4) is 0 Å². The van der Waals surface area contributed by atoms with Gasteiger partial charge in [0, 0.05) is 30.6 Å². The second-order valence-electron chi connectivity index (χ2n) is 6.47. The minimum absolute atomic E-state index is 0.0764. The monoisotopic (exact) mass is 381 g/mol. The molecule has 2 aromatic carbocycles. The van der Waals surface area contributed by atoms with Gasteiger partial charge in [-0.05, 0) is 30.3 Å². The summed E-state index contributed by atoms with van der Waals surface area (Å²) in [5.41, 5.74) is 2.85. The first-order valence-corrected chi connectivity index (χ1v) is 9.23. The third-order valence-electron chi connectivity index (χ3n) is 4.82. The van der Waals surface area contributed by atoms with Crippen LogP contribution in [-0.2, 0) is 13.1 Å². The van der Waals surface area contributed by atoms with Crippen LogP contribution in [0.3, 0.4) is 0 Å². The van der Waals surface area contributed by atoms with Crippen LogP contribution in [0.1, 0.15) is 35.5 Å². The number of benzene rings is 2. The molecule has 0 saturated heterocycles. The number of H-pyrrole nitrogens is 1. The molecule has 1 aromatic heterocycles. The number of hydrogen-bond acceptors (Lipinski definition) is 5.